The molecule has 0 aliphatic carbocycles. The molecule has 8 nitrogen and oxygen atoms in total. The number of benzene rings is 1. The van der Waals surface area contributed by atoms with Crippen LogP contribution in [0.15, 0.2) is 47.6 Å². The fourth-order valence-corrected chi connectivity index (χ4v) is 4.40. The van der Waals surface area contributed by atoms with E-state index in [4.69, 9.17) is 9.47 Å². The van der Waals surface area contributed by atoms with Crippen LogP contribution in [0.1, 0.15) is 5.56 Å². The van der Waals surface area contributed by atoms with Crippen molar-refractivity contribution in [1.29, 1.82) is 0 Å². The Morgan fingerprint density at radius 2 is 2.07 bits per heavy atom. The number of pyridine rings is 1. The number of methoxy groups -OCH3 is 1. The molecule has 27 heavy (non-hydrogen) atoms. The molecule has 3 rings (SSSR count). The number of amides is 1. The molecule has 0 unspecified atom stereocenters. The second-order valence-corrected chi connectivity index (χ2v) is 7.87. The van der Waals surface area contributed by atoms with Crippen molar-refractivity contribution in [3.05, 3.63) is 48.3 Å². The lowest BCUT2D eigenvalue weighted by Crippen LogP contribution is -2.40. The number of morpholine rings is 1. The van der Waals surface area contributed by atoms with Gasteiger partial charge in [-0.1, -0.05) is 6.07 Å². The van der Waals surface area contributed by atoms with Gasteiger partial charge in [0.05, 0.1) is 38.6 Å². The molecule has 0 atom stereocenters. The van der Waals surface area contributed by atoms with Crippen molar-refractivity contribution in [3.63, 3.8) is 0 Å². The number of sulfonamides is 1. The Balaban J connectivity index is 1.81. The molecule has 1 saturated heterocycles. The Hall–Kier alpha value is -2.49. The maximum Gasteiger partial charge on any atom is 0.246 e. The monoisotopic (exact) mass is 391 g/mol. The number of rotatable bonds is 6. The summed E-state index contributed by atoms with van der Waals surface area (Å²) in [4.78, 5) is 16.2. The molecule has 2 aromatic rings. The predicted molar refractivity (Wildman–Crippen MR) is 99.1 cm³/mol. The van der Waals surface area contributed by atoms with Crippen molar-refractivity contribution in [2.24, 2.45) is 0 Å². The van der Waals surface area contributed by atoms with Crippen LogP contribution in [0.3, 0.4) is 0 Å². The van der Waals surface area contributed by atoms with Crippen molar-refractivity contribution < 1.29 is 22.7 Å². The van der Waals surface area contributed by atoms with Crippen molar-refractivity contribution in [2.75, 3.05) is 38.7 Å². The molecule has 1 aromatic heterocycles. The molecule has 2 heterocycles. The molecule has 144 valence electrons. The third-order valence-corrected chi connectivity index (χ3v) is 6.05. The van der Waals surface area contributed by atoms with Gasteiger partial charge in [0.2, 0.25) is 15.9 Å². The van der Waals surface area contributed by atoms with Gasteiger partial charge in [-0.3, -0.25) is 9.78 Å². The van der Waals surface area contributed by atoms with E-state index in [2.05, 4.69) is 10.3 Å². The maximum absolute atomic E-state index is 13.0. The molecule has 1 aliphatic heterocycles. The smallest absolute Gasteiger partial charge is 0.246 e. The molecule has 1 aliphatic rings. The summed E-state index contributed by atoms with van der Waals surface area (Å²) in [6.07, 6.45) is 3.19. The van der Waals surface area contributed by atoms with Gasteiger partial charge < -0.3 is 14.8 Å². The van der Waals surface area contributed by atoms with Crippen LogP contribution in [-0.2, 0) is 26.0 Å². The predicted octanol–water partition coefficient (Wildman–Crippen LogP) is 1.29. The van der Waals surface area contributed by atoms with Crippen LogP contribution in [0.2, 0.25) is 0 Å². The van der Waals surface area contributed by atoms with E-state index >= 15 is 0 Å². The maximum atomic E-state index is 13.0. The van der Waals surface area contributed by atoms with E-state index in [1.54, 1.807) is 36.7 Å². The van der Waals surface area contributed by atoms with Gasteiger partial charge in [0.1, 0.15) is 10.6 Å². The summed E-state index contributed by atoms with van der Waals surface area (Å²) in [5.74, 6) is -0.0132. The Labute approximate surface area is 158 Å². The van der Waals surface area contributed by atoms with Gasteiger partial charge in [0, 0.05) is 19.3 Å². The van der Waals surface area contributed by atoms with E-state index in [0.717, 1.165) is 0 Å². The van der Waals surface area contributed by atoms with Gasteiger partial charge in [0.25, 0.3) is 0 Å². The van der Waals surface area contributed by atoms with Crippen LogP contribution >= 0.6 is 0 Å². The number of nitrogens with zero attached hydrogens (tertiary/aromatic N) is 2. The topological polar surface area (TPSA) is 97.8 Å². The summed E-state index contributed by atoms with van der Waals surface area (Å²) >= 11 is 0. The standard InChI is InChI=1S/C18H21N3O5S/c1-25-16-5-4-14(12-18(22)20-15-3-2-6-19-13-15)11-17(16)27(23,24)21-7-9-26-10-8-21/h2-6,11,13H,7-10,12H2,1H3,(H,20,22). The first-order chi connectivity index (χ1) is 13.0. The summed E-state index contributed by atoms with van der Waals surface area (Å²) in [6, 6.07) is 8.19. The van der Waals surface area contributed by atoms with Gasteiger partial charge in [-0.15, -0.1) is 0 Å². The number of hydrogen-bond acceptors (Lipinski definition) is 6. The van der Waals surface area contributed by atoms with Crippen LogP contribution in [0.25, 0.3) is 0 Å². The normalized spacial score (nSPS) is 15.3. The van der Waals surface area contributed by atoms with Crippen molar-refractivity contribution >= 4 is 21.6 Å². The zero-order chi connectivity index (χ0) is 19.3. The SMILES string of the molecule is COc1ccc(CC(=O)Nc2cccnc2)cc1S(=O)(=O)N1CCOCC1. The van der Waals surface area contributed by atoms with Crippen LogP contribution in [0.5, 0.6) is 5.75 Å². The largest absolute Gasteiger partial charge is 0.495 e. The number of aromatic nitrogens is 1. The number of carbonyl (C=O) groups is 1. The summed E-state index contributed by atoms with van der Waals surface area (Å²) < 4.78 is 37.8. The number of carbonyl (C=O) groups excluding carboxylic acids is 1. The lowest BCUT2D eigenvalue weighted by molar-refractivity contribution is -0.115. The highest BCUT2D eigenvalue weighted by Crippen LogP contribution is 2.28. The highest BCUT2D eigenvalue weighted by atomic mass is 32.2. The average molecular weight is 391 g/mol. The number of anilines is 1. The quantitative estimate of drug-likeness (QED) is 0.797. The van der Waals surface area contributed by atoms with E-state index in [0.29, 0.717) is 24.5 Å². The molecule has 0 spiro atoms. The Morgan fingerprint density at radius 3 is 2.74 bits per heavy atom. The Kier molecular flexibility index (Phi) is 6.04. The summed E-state index contributed by atoms with van der Waals surface area (Å²) in [7, 11) is -2.32. The summed E-state index contributed by atoms with van der Waals surface area (Å²) in [5, 5.41) is 2.73. The number of hydrogen-bond donors (Lipinski definition) is 1. The molecule has 0 radical (unpaired) electrons. The van der Waals surface area contributed by atoms with E-state index in [1.165, 1.54) is 17.5 Å². The minimum absolute atomic E-state index is 0.0323. The second kappa shape index (κ2) is 8.47. The lowest BCUT2D eigenvalue weighted by atomic mass is 10.1. The summed E-state index contributed by atoms with van der Waals surface area (Å²) in [6.45, 7) is 1.29. The van der Waals surface area contributed by atoms with Crippen LogP contribution < -0.4 is 10.1 Å². The van der Waals surface area contributed by atoms with Gasteiger partial charge in [-0.05, 0) is 29.8 Å². The first-order valence-corrected chi connectivity index (χ1v) is 9.89. The third kappa shape index (κ3) is 4.62. The molecular formula is C18H21N3O5S. The fraction of sp³-hybridized carbons (Fsp3) is 0.333. The highest BCUT2D eigenvalue weighted by molar-refractivity contribution is 7.89. The Bertz CT molecular complexity index is 896. The van der Waals surface area contributed by atoms with E-state index in [9.17, 15) is 13.2 Å². The molecule has 1 fully saturated rings. The van der Waals surface area contributed by atoms with Crippen molar-refractivity contribution in [1.82, 2.24) is 9.29 Å². The molecule has 9 heteroatoms. The first-order valence-electron chi connectivity index (χ1n) is 8.45. The van der Waals surface area contributed by atoms with Crippen LogP contribution in [0.4, 0.5) is 5.69 Å². The van der Waals surface area contributed by atoms with E-state index in [1.807, 2.05) is 0 Å². The van der Waals surface area contributed by atoms with Crippen molar-refractivity contribution in [2.45, 2.75) is 11.3 Å². The van der Waals surface area contributed by atoms with Gasteiger partial charge in [-0.25, -0.2) is 8.42 Å². The molecular weight excluding hydrogens is 370 g/mol. The van der Waals surface area contributed by atoms with Gasteiger partial charge in [-0.2, -0.15) is 4.31 Å². The minimum atomic E-state index is -3.74. The van der Waals surface area contributed by atoms with Crippen molar-refractivity contribution in [3.8, 4) is 5.75 Å². The Morgan fingerprint density at radius 1 is 1.30 bits per heavy atom. The minimum Gasteiger partial charge on any atom is -0.495 e. The molecule has 1 aromatic carbocycles. The zero-order valence-corrected chi connectivity index (χ0v) is 15.7. The van der Waals surface area contributed by atoms with E-state index in [-0.39, 0.29) is 36.1 Å². The first kappa shape index (κ1) is 19.3. The molecule has 1 N–H and O–H groups in total. The number of nitrogens with one attached hydrogen (secondary N) is 1. The van der Waals surface area contributed by atoms with Crippen LogP contribution in [-0.4, -0.2) is 57.0 Å². The summed E-state index contributed by atoms with van der Waals surface area (Å²) in [5.41, 5.74) is 1.15. The fourth-order valence-electron chi connectivity index (χ4n) is 2.79. The van der Waals surface area contributed by atoms with Gasteiger partial charge >= 0.3 is 0 Å². The molecule has 0 bridgehead atoms. The molecule has 0 saturated carbocycles. The number of ether oxygens (including phenoxy) is 2. The third-order valence-electron chi connectivity index (χ3n) is 4.13. The lowest BCUT2D eigenvalue weighted by Gasteiger charge is -2.26. The zero-order valence-electron chi connectivity index (χ0n) is 14.9. The van der Waals surface area contributed by atoms with E-state index < -0.39 is 10.0 Å². The highest BCUT2D eigenvalue weighted by Gasteiger charge is 2.29. The van der Waals surface area contributed by atoms with Crippen LogP contribution in [0, 0.1) is 0 Å². The molecule has 1 amide bonds. The second-order valence-electron chi connectivity index (χ2n) is 5.97. The van der Waals surface area contributed by atoms with Gasteiger partial charge in [0.15, 0.2) is 0 Å². The average Bonchev–Trinajstić information content (AvgIpc) is 2.69.